The monoisotopic (exact) mass is 189 g/mol. The van der Waals surface area contributed by atoms with Crippen molar-refractivity contribution in [3.05, 3.63) is 0 Å². The Kier molecular flexibility index (Phi) is 5.25. The maximum atomic E-state index is 10.6. The smallest absolute Gasteiger partial charge is 0.440 e. The van der Waals surface area contributed by atoms with E-state index in [2.05, 4.69) is 9.57 Å². The van der Waals surface area contributed by atoms with Gasteiger partial charge < -0.3 is 9.57 Å². The van der Waals surface area contributed by atoms with E-state index < -0.39 is 17.8 Å². The van der Waals surface area contributed by atoms with Crippen molar-refractivity contribution in [3.63, 3.8) is 0 Å². The van der Waals surface area contributed by atoms with Gasteiger partial charge in [-0.05, 0) is 6.42 Å². The van der Waals surface area contributed by atoms with Gasteiger partial charge in [0.25, 0.3) is 0 Å². The van der Waals surface area contributed by atoms with Crippen LogP contribution in [0.2, 0.25) is 0 Å². The summed E-state index contributed by atoms with van der Waals surface area (Å²) in [5.41, 5.74) is 1.67. The minimum Gasteiger partial charge on any atom is -0.447 e. The molecule has 0 saturated carbocycles. The molecule has 0 bridgehead atoms. The van der Waals surface area contributed by atoms with E-state index in [0.29, 0.717) is 6.42 Å². The third-order valence-electron chi connectivity index (χ3n) is 0.952. The van der Waals surface area contributed by atoms with Crippen LogP contribution in [0.15, 0.2) is 0 Å². The van der Waals surface area contributed by atoms with Gasteiger partial charge >= 0.3 is 12.1 Å². The molecule has 0 aromatic rings. The quantitative estimate of drug-likeness (QED) is 0.505. The first-order valence-electron chi connectivity index (χ1n) is 3.72. The molecular formula is C7H11NO5. The highest BCUT2D eigenvalue weighted by molar-refractivity contribution is 6.32. The molecule has 0 spiro atoms. The molecule has 1 amide bonds. The average Bonchev–Trinajstić information content (AvgIpc) is 2.10. The van der Waals surface area contributed by atoms with Crippen molar-refractivity contribution >= 4 is 17.8 Å². The Balaban J connectivity index is 3.58. The number of amides is 1. The van der Waals surface area contributed by atoms with E-state index >= 15 is 0 Å². The fourth-order valence-electron chi connectivity index (χ4n) is 0.384. The molecule has 0 atom stereocenters. The van der Waals surface area contributed by atoms with Gasteiger partial charge in [-0.2, -0.15) is 0 Å². The number of ketones is 1. The average molecular weight is 189 g/mol. The third-order valence-corrected chi connectivity index (χ3v) is 0.952. The van der Waals surface area contributed by atoms with E-state index in [1.807, 2.05) is 6.92 Å². The largest absolute Gasteiger partial charge is 0.447 e. The SMILES string of the molecule is CCCOC(=O)NOC(=O)C(C)=O. The van der Waals surface area contributed by atoms with Crippen molar-refractivity contribution in [1.29, 1.82) is 0 Å². The molecule has 6 nitrogen and oxygen atoms in total. The fraction of sp³-hybridized carbons (Fsp3) is 0.571. The van der Waals surface area contributed by atoms with Gasteiger partial charge in [0.2, 0.25) is 5.78 Å². The molecule has 0 aromatic heterocycles. The highest BCUT2D eigenvalue weighted by Gasteiger charge is 2.11. The van der Waals surface area contributed by atoms with E-state index in [0.717, 1.165) is 6.92 Å². The predicted octanol–water partition coefficient (Wildman–Crippen LogP) is 0.170. The maximum absolute atomic E-state index is 10.6. The molecule has 0 radical (unpaired) electrons. The molecule has 0 saturated heterocycles. The third kappa shape index (κ3) is 5.66. The Morgan fingerprint density at radius 2 is 1.92 bits per heavy atom. The van der Waals surface area contributed by atoms with Gasteiger partial charge in [-0.25, -0.2) is 9.59 Å². The van der Waals surface area contributed by atoms with Crippen LogP contribution in [0, 0.1) is 0 Å². The topological polar surface area (TPSA) is 81.7 Å². The zero-order valence-electron chi connectivity index (χ0n) is 7.46. The minimum absolute atomic E-state index is 0.226. The van der Waals surface area contributed by atoms with Gasteiger partial charge in [0.1, 0.15) is 0 Å². The summed E-state index contributed by atoms with van der Waals surface area (Å²) in [6, 6.07) is 0. The molecule has 74 valence electrons. The normalized spacial score (nSPS) is 8.77. The van der Waals surface area contributed by atoms with Gasteiger partial charge in [0, 0.05) is 6.92 Å². The molecule has 0 aliphatic carbocycles. The van der Waals surface area contributed by atoms with E-state index in [4.69, 9.17) is 0 Å². The van der Waals surface area contributed by atoms with E-state index in [1.54, 1.807) is 5.48 Å². The number of rotatable bonds is 3. The summed E-state index contributed by atoms with van der Waals surface area (Å²) in [5, 5.41) is 0. The number of carbonyl (C=O) groups is 3. The Morgan fingerprint density at radius 1 is 1.31 bits per heavy atom. The van der Waals surface area contributed by atoms with Crippen LogP contribution < -0.4 is 5.48 Å². The van der Waals surface area contributed by atoms with Gasteiger partial charge in [-0.15, -0.1) is 5.48 Å². The molecule has 1 N–H and O–H groups in total. The van der Waals surface area contributed by atoms with Gasteiger partial charge in [-0.1, -0.05) is 6.92 Å². The predicted molar refractivity (Wildman–Crippen MR) is 41.5 cm³/mol. The van der Waals surface area contributed by atoms with Crippen LogP contribution >= 0.6 is 0 Å². The van der Waals surface area contributed by atoms with Crippen LogP contribution in [-0.2, 0) is 19.2 Å². The van der Waals surface area contributed by atoms with E-state index in [-0.39, 0.29) is 6.61 Å². The van der Waals surface area contributed by atoms with Crippen LogP contribution in [0.3, 0.4) is 0 Å². The van der Waals surface area contributed by atoms with Gasteiger partial charge in [-0.3, -0.25) is 4.79 Å². The van der Waals surface area contributed by atoms with Crippen LogP contribution in [0.5, 0.6) is 0 Å². The minimum atomic E-state index is -1.13. The second kappa shape index (κ2) is 5.99. The second-order valence-electron chi connectivity index (χ2n) is 2.18. The first-order chi connectivity index (χ1) is 6.07. The molecule has 0 aliphatic rings. The number of hydrogen-bond donors (Lipinski definition) is 1. The Morgan fingerprint density at radius 3 is 2.38 bits per heavy atom. The van der Waals surface area contributed by atoms with Gasteiger partial charge in [0.05, 0.1) is 6.61 Å². The summed E-state index contributed by atoms with van der Waals surface area (Å²) in [4.78, 5) is 35.4. The number of ether oxygens (including phenoxy) is 1. The lowest BCUT2D eigenvalue weighted by molar-refractivity contribution is -0.157. The second-order valence-corrected chi connectivity index (χ2v) is 2.18. The standard InChI is InChI=1S/C7H11NO5/c1-3-4-12-7(11)8-13-6(10)5(2)9/h3-4H2,1-2H3,(H,8,11). The van der Waals surface area contributed by atoms with Crippen molar-refractivity contribution in [1.82, 2.24) is 5.48 Å². The van der Waals surface area contributed by atoms with Crippen LogP contribution in [0.1, 0.15) is 20.3 Å². The highest BCUT2D eigenvalue weighted by Crippen LogP contribution is 1.83. The van der Waals surface area contributed by atoms with Crippen molar-refractivity contribution in [3.8, 4) is 0 Å². The number of nitrogens with one attached hydrogen (secondary N) is 1. The summed E-state index contributed by atoms with van der Waals surface area (Å²) in [7, 11) is 0. The first kappa shape index (κ1) is 11.4. The fourth-order valence-corrected chi connectivity index (χ4v) is 0.384. The number of Topliss-reactive ketones (excluding diaryl/α,β-unsaturated/α-hetero) is 1. The first-order valence-corrected chi connectivity index (χ1v) is 3.72. The number of hydroxylamine groups is 1. The van der Waals surface area contributed by atoms with Crippen molar-refractivity contribution < 1.29 is 24.0 Å². The highest BCUT2D eigenvalue weighted by atomic mass is 16.7. The van der Waals surface area contributed by atoms with Crippen LogP contribution in [-0.4, -0.2) is 24.5 Å². The Labute approximate surface area is 75.1 Å². The van der Waals surface area contributed by atoms with Crippen LogP contribution in [0.25, 0.3) is 0 Å². The molecular weight excluding hydrogens is 178 g/mol. The number of hydrogen-bond acceptors (Lipinski definition) is 5. The summed E-state index contributed by atoms with van der Waals surface area (Å²) in [5.74, 6) is -1.93. The van der Waals surface area contributed by atoms with Gasteiger partial charge in [0.15, 0.2) is 0 Å². The molecule has 13 heavy (non-hydrogen) atoms. The summed E-state index contributed by atoms with van der Waals surface area (Å²) >= 11 is 0. The molecule has 0 aromatic carbocycles. The van der Waals surface area contributed by atoms with Crippen molar-refractivity contribution in [2.75, 3.05) is 6.61 Å². The van der Waals surface area contributed by atoms with Crippen molar-refractivity contribution in [2.24, 2.45) is 0 Å². The number of carbonyl (C=O) groups excluding carboxylic acids is 3. The molecule has 6 heteroatoms. The molecule has 0 unspecified atom stereocenters. The molecule has 0 aliphatic heterocycles. The Hall–Kier alpha value is -1.59. The lowest BCUT2D eigenvalue weighted by atomic mass is 10.5. The molecule has 0 heterocycles. The maximum Gasteiger partial charge on any atom is 0.440 e. The zero-order chi connectivity index (χ0) is 10.3. The van der Waals surface area contributed by atoms with E-state index in [1.165, 1.54) is 0 Å². The lowest BCUT2D eigenvalue weighted by Crippen LogP contribution is -2.30. The zero-order valence-corrected chi connectivity index (χ0v) is 7.46. The Bertz CT molecular complexity index is 213. The van der Waals surface area contributed by atoms with E-state index in [9.17, 15) is 14.4 Å². The lowest BCUT2D eigenvalue weighted by Gasteiger charge is -2.03. The summed E-state index contributed by atoms with van der Waals surface area (Å²) in [6.45, 7) is 3.07. The van der Waals surface area contributed by atoms with Crippen molar-refractivity contribution in [2.45, 2.75) is 20.3 Å². The summed E-state index contributed by atoms with van der Waals surface area (Å²) < 4.78 is 4.48. The summed E-state index contributed by atoms with van der Waals surface area (Å²) in [6.07, 6.45) is -0.231. The molecule has 0 rings (SSSR count). The molecule has 0 fully saturated rings. The van der Waals surface area contributed by atoms with Crippen LogP contribution in [0.4, 0.5) is 4.79 Å².